The van der Waals surface area contributed by atoms with E-state index in [0.717, 1.165) is 38.6 Å². The first kappa shape index (κ1) is 31.4. The van der Waals surface area contributed by atoms with Gasteiger partial charge in [0.05, 0.1) is 29.7 Å². The molecular weight excluding hydrogens is 532 g/mol. The first-order chi connectivity index (χ1) is 17.8. The molecule has 2 aromatic heterocycles. The molecule has 1 aliphatic rings. The zero-order chi connectivity index (χ0) is 27.8. The van der Waals surface area contributed by atoms with Crippen molar-refractivity contribution >= 4 is 34.4 Å². The Morgan fingerprint density at radius 3 is 2.46 bits per heavy atom. The molecule has 196 valence electrons. The van der Waals surface area contributed by atoms with Crippen LogP contribution in [0.2, 0.25) is 0 Å². The first-order valence-corrected chi connectivity index (χ1v) is 12.6. The maximum Gasteiger partial charge on any atom is 0.305 e. The molecule has 0 saturated carbocycles. The molecule has 3 heterocycles. The lowest BCUT2D eigenvalue weighted by Crippen LogP contribution is -2.09. The summed E-state index contributed by atoms with van der Waals surface area (Å²) in [4.78, 5) is 32.1. The number of imidazole rings is 1. The summed E-state index contributed by atoms with van der Waals surface area (Å²) >= 11 is 3.56. The minimum atomic E-state index is -0.125. The highest BCUT2D eigenvalue weighted by Gasteiger charge is 2.21. The second-order valence-electron chi connectivity index (χ2n) is 7.85. The van der Waals surface area contributed by atoms with E-state index in [0.29, 0.717) is 13.0 Å². The van der Waals surface area contributed by atoms with Crippen LogP contribution < -0.4 is 0 Å². The molecule has 0 radical (unpaired) electrons. The molecule has 0 fully saturated rings. The van der Waals surface area contributed by atoms with Gasteiger partial charge in [0.1, 0.15) is 12.6 Å². The van der Waals surface area contributed by atoms with Crippen molar-refractivity contribution in [1.82, 2.24) is 14.5 Å². The third-order valence-electron chi connectivity index (χ3n) is 4.74. The van der Waals surface area contributed by atoms with Crippen LogP contribution >= 0.6 is 15.9 Å². The number of halogens is 1. The highest BCUT2D eigenvalue weighted by atomic mass is 79.9. The monoisotopic (exact) mass is 566 g/mol. The fourth-order valence-corrected chi connectivity index (χ4v) is 3.62. The molecule has 0 spiro atoms. The van der Waals surface area contributed by atoms with E-state index in [4.69, 9.17) is 14.5 Å². The van der Waals surface area contributed by atoms with Crippen LogP contribution in [0.15, 0.2) is 83.1 Å². The lowest BCUT2D eigenvalue weighted by atomic mass is 10.0. The van der Waals surface area contributed by atoms with E-state index in [1.165, 1.54) is 0 Å². The summed E-state index contributed by atoms with van der Waals surface area (Å²) in [5.74, 6) is 0.826. The van der Waals surface area contributed by atoms with Crippen molar-refractivity contribution in [3.8, 4) is 5.69 Å². The number of hydrogen-bond acceptors (Lipinski definition) is 6. The van der Waals surface area contributed by atoms with E-state index in [-0.39, 0.29) is 12.1 Å². The molecule has 0 amide bonds. The number of nitrogens with zero attached hydrogens (tertiary/aromatic N) is 4. The maximum atomic E-state index is 10.4. The van der Waals surface area contributed by atoms with Gasteiger partial charge in [-0.05, 0) is 58.0 Å². The van der Waals surface area contributed by atoms with E-state index in [1.807, 2.05) is 70.2 Å². The number of hydrogen-bond donors (Lipinski definition) is 0. The summed E-state index contributed by atoms with van der Waals surface area (Å²) in [6.45, 7) is 15.5. The Morgan fingerprint density at radius 1 is 1.22 bits per heavy atom. The van der Waals surface area contributed by atoms with Crippen molar-refractivity contribution in [1.29, 1.82) is 0 Å². The number of carbonyl (C=O) groups is 2. The molecule has 1 aromatic carbocycles. The Kier molecular flexibility index (Phi) is 14.3. The van der Waals surface area contributed by atoms with Gasteiger partial charge >= 0.3 is 5.97 Å². The highest BCUT2D eigenvalue weighted by molar-refractivity contribution is 9.10. The van der Waals surface area contributed by atoms with Crippen LogP contribution in [0.3, 0.4) is 0 Å². The van der Waals surface area contributed by atoms with Gasteiger partial charge < -0.3 is 9.53 Å². The van der Waals surface area contributed by atoms with Crippen LogP contribution in [-0.2, 0) is 20.9 Å². The number of fused-ring (bicyclic) bond motifs is 3. The van der Waals surface area contributed by atoms with Gasteiger partial charge in [-0.2, -0.15) is 0 Å². The number of ether oxygens (including phenoxy) is 1. The van der Waals surface area contributed by atoms with Crippen LogP contribution in [-0.4, -0.2) is 39.1 Å². The van der Waals surface area contributed by atoms with Gasteiger partial charge in [0.25, 0.3) is 0 Å². The van der Waals surface area contributed by atoms with Crippen molar-refractivity contribution in [2.75, 3.05) is 0 Å². The van der Waals surface area contributed by atoms with Crippen LogP contribution in [0.1, 0.15) is 56.9 Å². The number of benzene rings is 1. The van der Waals surface area contributed by atoms with Crippen molar-refractivity contribution in [3.05, 3.63) is 101 Å². The second-order valence-corrected chi connectivity index (χ2v) is 8.76. The summed E-state index contributed by atoms with van der Waals surface area (Å²) in [6, 6.07) is 12.1. The quantitative estimate of drug-likeness (QED) is 0.262. The fourth-order valence-electron chi connectivity index (χ4n) is 3.26. The lowest BCUT2D eigenvalue weighted by molar-refractivity contribution is -0.146. The number of rotatable bonds is 4. The molecule has 8 heteroatoms. The highest BCUT2D eigenvalue weighted by Crippen LogP contribution is 2.28. The van der Waals surface area contributed by atoms with E-state index in [1.54, 1.807) is 19.2 Å². The van der Waals surface area contributed by atoms with Gasteiger partial charge in [-0.1, -0.05) is 53.7 Å². The summed E-state index contributed by atoms with van der Waals surface area (Å²) in [5.41, 5.74) is 5.05. The van der Waals surface area contributed by atoms with E-state index < -0.39 is 0 Å². The van der Waals surface area contributed by atoms with Gasteiger partial charge in [0.2, 0.25) is 0 Å². The van der Waals surface area contributed by atoms with Crippen LogP contribution in [0.4, 0.5) is 0 Å². The molecule has 0 saturated heterocycles. The Morgan fingerprint density at radius 2 is 1.95 bits per heavy atom. The maximum absolute atomic E-state index is 10.4. The molecule has 0 unspecified atom stereocenters. The van der Waals surface area contributed by atoms with Crippen LogP contribution in [0, 0.1) is 6.92 Å². The average molecular weight is 568 g/mol. The van der Waals surface area contributed by atoms with E-state index in [9.17, 15) is 4.79 Å². The average Bonchev–Trinajstić information content (AvgIpc) is 3.18. The normalized spacial score (nSPS) is 11.2. The molecule has 37 heavy (non-hydrogen) atoms. The Hall–Kier alpha value is -3.65. The number of aryl methyl sites for hydroxylation is 1. The molecule has 1 aliphatic heterocycles. The SMILES string of the molecule is C=C/C=C/C.C=O.CCC(=O)OC(C)C.Cc1cnc2n1-c1ccc(Br)cc1C(c1ccccn1)=NC2. The van der Waals surface area contributed by atoms with Crippen molar-refractivity contribution < 1.29 is 14.3 Å². The van der Waals surface area contributed by atoms with E-state index in [2.05, 4.69) is 56.1 Å². The molecule has 4 rings (SSSR count). The van der Waals surface area contributed by atoms with Gasteiger partial charge in [0, 0.05) is 34.5 Å². The van der Waals surface area contributed by atoms with Crippen molar-refractivity contribution in [3.63, 3.8) is 0 Å². The Bertz CT molecular complexity index is 1200. The molecule has 3 aromatic rings. The molecule has 0 bridgehead atoms. The Balaban J connectivity index is 0.000000381. The molecule has 0 aliphatic carbocycles. The number of carbonyl (C=O) groups excluding carboxylic acids is 2. The predicted octanol–water partition coefficient (Wildman–Crippen LogP) is 6.60. The molecule has 0 N–H and O–H groups in total. The minimum Gasteiger partial charge on any atom is -0.463 e. The van der Waals surface area contributed by atoms with Crippen molar-refractivity contribution in [2.24, 2.45) is 4.99 Å². The number of aliphatic imine (C=N–C) groups is 1. The van der Waals surface area contributed by atoms with Crippen LogP contribution in [0.5, 0.6) is 0 Å². The fraction of sp³-hybridized carbons (Fsp3) is 0.276. The summed E-state index contributed by atoms with van der Waals surface area (Å²) < 4.78 is 7.95. The van der Waals surface area contributed by atoms with Gasteiger partial charge in [-0.15, -0.1) is 0 Å². The number of aromatic nitrogens is 3. The predicted molar refractivity (Wildman–Crippen MR) is 153 cm³/mol. The molecule has 0 atom stereocenters. The van der Waals surface area contributed by atoms with Crippen molar-refractivity contribution in [2.45, 2.75) is 53.7 Å². The van der Waals surface area contributed by atoms with Gasteiger partial charge in [0.15, 0.2) is 0 Å². The van der Waals surface area contributed by atoms with Crippen LogP contribution in [0.25, 0.3) is 5.69 Å². The zero-order valence-corrected chi connectivity index (χ0v) is 23.7. The van der Waals surface area contributed by atoms with Gasteiger partial charge in [-0.3, -0.25) is 19.3 Å². The topological polar surface area (TPSA) is 86.4 Å². The zero-order valence-electron chi connectivity index (χ0n) is 22.1. The largest absolute Gasteiger partial charge is 0.463 e. The minimum absolute atomic E-state index is 0.0300. The van der Waals surface area contributed by atoms with E-state index >= 15 is 0 Å². The third kappa shape index (κ3) is 9.73. The second kappa shape index (κ2) is 16.9. The lowest BCUT2D eigenvalue weighted by Gasteiger charge is -2.13. The number of pyridine rings is 1. The molecular formula is C29H35BrN4O3. The third-order valence-corrected chi connectivity index (χ3v) is 5.23. The summed E-state index contributed by atoms with van der Waals surface area (Å²) in [6.07, 6.45) is 9.76. The first-order valence-electron chi connectivity index (χ1n) is 11.8. The molecule has 7 nitrogen and oxygen atoms in total. The number of esters is 1. The summed E-state index contributed by atoms with van der Waals surface area (Å²) in [5, 5.41) is 0. The summed E-state index contributed by atoms with van der Waals surface area (Å²) in [7, 11) is 0. The smallest absolute Gasteiger partial charge is 0.305 e. The standard InChI is InChI=1S/C17H13BrN4.C6H12O2.C5H8.CH2O/c1-11-9-20-16-10-21-17(14-4-2-3-7-19-14)13-8-12(18)5-6-15(13)22(11)16;1-4-6(7)8-5(2)3;1-3-5-4-2;1-2/h2-9H,10H2,1H3;5H,4H2,1-3H3;3-5H,1H2,2H3;1H2/b;;5-4+;. The van der Waals surface area contributed by atoms with Gasteiger partial charge in [-0.25, -0.2) is 4.98 Å². The number of allylic oxidation sites excluding steroid dienone is 3. The Labute approximate surface area is 228 Å².